The molecule has 0 spiro atoms. The van der Waals surface area contributed by atoms with Crippen molar-refractivity contribution in [3.8, 4) is 5.69 Å². The minimum absolute atomic E-state index is 0.421. The summed E-state index contributed by atoms with van der Waals surface area (Å²) in [6.07, 6.45) is 0. The Kier molecular flexibility index (Phi) is 2.85. The summed E-state index contributed by atoms with van der Waals surface area (Å²) < 4.78 is 0.905. The molecule has 2 rings (SSSR count). The third-order valence-electron chi connectivity index (χ3n) is 2.52. The predicted molar refractivity (Wildman–Crippen MR) is 64.4 cm³/mol. The van der Waals surface area contributed by atoms with Crippen molar-refractivity contribution in [3.63, 3.8) is 0 Å². The van der Waals surface area contributed by atoms with Crippen LogP contribution in [0.1, 0.15) is 16.1 Å². The molecule has 0 fully saturated rings. The van der Waals surface area contributed by atoms with Crippen LogP contribution in [0.3, 0.4) is 0 Å². The maximum atomic E-state index is 11.8. The first-order chi connectivity index (χ1) is 8.50. The van der Waals surface area contributed by atoms with Crippen LogP contribution in [0.25, 0.3) is 5.69 Å². The number of nitrogens with zero attached hydrogens (tertiary/aromatic N) is 1. The quantitative estimate of drug-likeness (QED) is 0.808. The van der Waals surface area contributed by atoms with E-state index in [2.05, 4.69) is 4.98 Å². The highest BCUT2D eigenvalue weighted by Crippen LogP contribution is 2.08. The van der Waals surface area contributed by atoms with Crippen LogP contribution in [0.15, 0.2) is 39.9 Å². The van der Waals surface area contributed by atoms with Gasteiger partial charge in [-0.3, -0.25) is 4.79 Å². The number of carbonyl (C=O) groups is 1. The summed E-state index contributed by atoms with van der Waals surface area (Å²) in [5.74, 6) is -1.35. The van der Waals surface area contributed by atoms with E-state index in [1.165, 1.54) is 0 Å². The number of aromatic carboxylic acids is 1. The Labute approximate surface area is 101 Å². The molecule has 0 aliphatic carbocycles. The minimum Gasteiger partial charge on any atom is -0.477 e. The number of aromatic amines is 1. The molecule has 0 atom stereocenters. The van der Waals surface area contributed by atoms with E-state index in [9.17, 15) is 14.4 Å². The van der Waals surface area contributed by atoms with E-state index in [0.717, 1.165) is 16.2 Å². The number of H-pyrrole nitrogens is 1. The fourth-order valence-corrected chi connectivity index (χ4v) is 1.65. The number of para-hydroxylation sites is 1. The SMILES string of the molecule is Cc1ccccc1-n1c(=O)cc(C(=O)O)[nH]c1=O. The topological polar surface area (TPSA) is 92.2 Å². The minimum atomic E-state index is -1.35. The van der Waals surface area contributed by atoms with Crippen molar-refractivity contribution in [1.29, 1.82) is 0 Å². The van der Waals surface area contributed by atoms with E-state index in [4.69, 9.17) is 5.11 Å². The molecular weight excluding hydrogens is 236 g/mol. The van der Waals surface area contributed by atoms with Crippen LogP contribution in [0.4, 0.5) is 0 Å². The number of aryl methyl sites for hydroxylation is 1. The lowest BCUT2D eigenvalue weighted by Crippen LogP contribution is -2.35. The van der Waals surface area contributed by atoms with Gasteiger partial charge in [0, 0.05) is 6.07 Å². The maximum absolute atomic E-state index is 11.8. The lowest BCUT2D eigenvalue weighted by atomic mass is 10.2. The highest BCUT2D eigenvalue weighted by atomic mass is 16.4. The maximum Gasteiger partial charge on any atom is 0.352 e. The number of hydrogen-bond donors (Lipinski definition) is 2. The van der Waals surface area contributed by atoms with Gasteiger partial charge in [-0.25, -0.2) is 14.2 Å². The molecule has 0 bridgehead atoms. The second-order valence-corrected chi connectivity index (χ2v) is 3.75. The first-order valence-electron chi connectivity index (χ1n) is 5.16. The monoisotopic (exact) mass is 246 g/mol. The number of hydrogen-bond acceptors (Lipinski definition) is 3. The van der Waals surface area contributed by atoms with Gasteiger partial charge in [-0.1, -0.05) is 18.2 Å². The van der Waals surface area contributed by atoms with Crippen molar-refractivity contribution in [1.82, 2.24) is 9.55 Å². The van der Waals surface area contributed by atoms with Crippen LogP contribution in [-0.2, 0) is 0 Å². The number of carboxylic acid groups (broad SMARTS) is 1. The van der Waals surface area contributed by atoms with E-state index in [1.54, 1.807) is 31.2 Å². The van der Waals surface area contributed by atoms with E-state index in [-0.39, 0.29) is 0 Å². The van der Waals surface area contributed by atoms with Crippen molar-refractivity contribution in [2.75, 3.05) is 0 Å². The molecular formula is C12H10N2O4. The lowest BCUT2D eigenvalue weighted by Gasteiger charge is -2.07. The fourth-order valence-electron chi connectivity index (χ4n) is 1.65. The Morgan fingerprint density at radius 3 is 2.50 bits per heavy atom. The predicted octanol–water partition coefficient (Wildman–Crippen LogP) is 0.532. The summed E-state index contributed by atoms with van der Waals surface area (Å²) >= 11 is 0. The summed E-state index contributed by atoms with van der Waals surface area (Å²) in [5.41, 5.74) is -0.691. The van der Waals surface area contributed by atoms with Gasteiger partial charge in [-0.05, 0) is 18.6 Å². The normalized spacial score (nSPS) is 10.3. The fraction of sp³-hybridized carbons (Fsp3) is 0.0833. The Morgan fingerprint density at radius 2 is 1.94 bits per heavy atom. The van der Waals surface area contributed by atoms with Gasteiger partial charge in [-0.15, -0.1) is 0 Å². The Bertz CT molecular complexity index is 696. The molecule has 0 saturated carbocycles. The van der Waals surface area contributed by atoms with Crippen LogP contribution in [0.2, 0.25) is 0 Å². The smallest absolute Gasteiger partial charge is 0.352 e. The summed E-state index contributed by atoms with van der Waals surface area (Å²) in [7, 11) is 0. The van der Waals surface area contributed by atoms with E-state index < -0.39 is 22.9 Å². The highest BCUT2D eigenvalue weighted by molar-refractivity contribution is 5.84. The molecule has 1 heterocycles. The molecule has 0 radical (unpaired) electrons. The van der Waals surface area contributed by atoms with E-state index in [0.29, 0.717) is 5.69 Å². The second-order valence-electron chi connectivity index (χ2n) is 3.75. The van der Waals surface area contributed by atoms with Gasteiger partial charge in [-0.2, -0.15) is 0 Å². The van der Waals surface area contributed by atoms with Crippen molar-refractivity contribution >= 4 is 5.97 Å². The van der Waals surface area contributed by atoms with Crippen molar-refractivity contribution in [2.24, 2.45) is 0 Å². The summed E-state index contributed by atoms with van der Waals surface area (Å²) in [4.78, 5) is 36.4. The molecule has 0 aliphatic heterocycles. The van der Waals surface area contributed by atoms with Crippen molar-refractivity contribution in [3.05, 3.63) is 62.4 Å². The number of carboxylic acids is 1. The van der Waals surface area contributed by atoms with Crippen LogP contribution in [-0.4, -0.2) is 20.6 Å². The average Bonchev–Trinajstić information content (AvgIpc) is 2.30. The Hall–Kier alpha value is -2.63. The number of benzene rings is 1. The summed E-state index contributed by atoms with van der Waals surface area (Å²) in [5, 5.41) is 8.73. The molecule has 0 amide bonds. The highest BCUT2D eigenvalue weighted by Gasteiger charge is 2.11. The van der Waals surface area contributed by atoms with Crippen molar-refractivity contribution in [2.45, 2.75) is 6.92 Å². The van der Waals surface area contributed by atoms with Crippen molar-refractivity contribution < 1.29 is 9.90 Å². The van der Waals surface area contributed by atoms with Gasteiger partial charge in [0.05, 0.1) is 5.69 Å². The first kappa shape index (κ1) is 11.8. The molecule has 0 unspecified atom stereocenters. The van der Waals surface area contributed by atoms with Gasteiger partial charge in [0.25, 0.3) is 5.56 Å². The summed E-state index contributed by atoms with van der Waals surface area (Å²) in [6, 6.07) is 7.73. The lowest BCUT2D eigenvalue weighted by molar-refractivity contribution is 0.0689. The zero-order valence-corrected chi connectivity index (χ0v) is 9.51. The Balaban J connectivity index is 2.75. The zero-order chi connectivity index (χ0) is 13.3. The largest absolute Gasteiger partial charge is 0.477 e. The number of nitrogens with one attached hydrogen (secondary N) is 1. The molecule has 18 heavy (non-hydrogen) atoms. The summed E-state index contributed by atoms with van der Waals surface area (Å²) in [6.45, 7) is 1.76. The Morgan fingerprint density at radius 1 is 1.28 bits per heavy atom. The van der Waals surface area contributed by atoms with Crippen LogP contribution >= 0.6 is 0 Å². The standard InChI is InChI=1S/C12H10N2O4/c1-7-4-2-3-5-9(7)14-10(15)6-8(11(16)17)13-12(14)18/h2-6H,1H3,(H,13,18)(H,16,17). The molecule has 0 aliphatic rings. The number of rotatable bonds is 2. The molecule has 1 aromatic heterocycles. The van der Waals surface area contributed by atoms with E-state index >= 15 is 0 Å². The molecule has 1 aromatic carbocycles. The average molecular weight is 246 g/mol. The second kappa shape index (κ2) is 4.33. The van der Waals surface area contributed by atoms with Gasteiger partial charge < -0.3 is 10.1 Å². The van der Waals surface area contributed by atoms with Crippen LogP contribution in [0.5, 0.6) is 0 Å². The van der Waals surface area contributed by atoms with Crippen LogP contribution < -0.4 is 11.2 Å². The van der Waals surface area contributed by atoms with E-state index in [1.807, 2.05) is 0 Å². The van der Waals surface area contributed by atoms with Gasteiger partial charge >= 0.3 is 11.7 Å². The van der Waals surface area contributed by atoms with Gasteiger partial charge in [0.1, 0.15) is 5.69 Å². The number of aromatic nitrogens is 2. The molecule has 2 N–H and O–H groups in total. The van der Waals surface area contributed by atoms with Crippen LogP contribution in [0, 0.1) is 6.92 Å². The zero-order valence-electron chi connectivity index (χ0n) is 9.51. The third-order valence-corrected chi connectivity index (χ3v) is 2.52. The first-order valence-corrected chi connectivity index (χ1v) is 5.16. The molecule has 6 nitrogen and oxygen atoms in total. The van der Waals surface area contributed by atoms with Gasteiger partial charge in [0.15, 0.2) is 0 Å². The molecule has 0 saturated heterocycles. The third kappa shape index (κ3) is 1.95. The van der Waals surface area contributed by atoms with Gasteiger partial charge in [0.2, 0.25) is 0 Å². The molecule has 92 valence electrons. The molecule has 6 heteroatoms. The molecule has 2 aromatic rings.